The summed E-state index contributed by atoms with van der Waals surface area (Å²) in [5.41, 5.74) is 0.357. The van der Waals surface area contributed by atoms with Gasteiger partial charge in [-0.15, -0.1) is 0 Å². The molecule has 0 radical (unpaired) electrons. The molecular formula is C14H13F3N2O. The Kier molecular flexibility index (Phi) is 2.96. The highest BCUT2D eigenvalue weighted by Gasteiger charge is 2.46. The molecule has 0 aromatic heterocycles. The van der Waals surface area contributed by atoms with Gasteiger partial charge in [-0.05, 0) is 24.8 Å². The summed E-state index contributed by atoms with van der Waals surface area (Å²) in [7, 11) is 0. The van der Waals surface area contributed by atoms with Crippen LogP contribution < -0.4 is 10.2 Å². The molecule has 2 aliphatic rings. The number of carbonyl (C=O) groups excluding carboxylic acids is 1. The van der Waals surface area contributed by atoms with Crippen LogP contribution in [0, 0.1) is 5.92 Å². The second kappa shape index (κ2) is 4.54. The molecule has 1 atom stereocenters. The second-order valence-electron chi connectivity index (χ2n) is 5.03. The van der Waals surface area contributed by atoms with Gasteiger partial charge in [0.05, 0.1) is 5.69 Å². The number of rotatable bonds is 2. The minimum atomic E-state index is -4.50. The molecule has 1 aliphatic carbocycles. The third kappa shape index (κ3) is 2.37. The van der Waals surface area contributed by atoms with Gasteiger partial charge in [-0.2, -0.15) is 13.2 Å². The number of fused-ring (bicyclic) bond motifs is 1. The fraction of sp³-hybridized carbons (Fsp3) is 0.357. The van der Waals surface area contributed by atoms with E-state index in [4.69, 9.17) is 0 Å². The Bertz CT molecular complexity index is 564. The SMILES string of the molecule is O=C1N[C@H](C(F)(F)F)c2ccccc2N1C=CC1CC1. The number of para-hydroxylation sites is 1. The number of halogens is 3. The number of alkyl halides is 3. The summed E-state index contributed by atoms with van der Waals surface area (Å²) in [6.07, 6.45) is 1.07. The van der Waals surface area contributed by atoms with E-state index in [0.29, 0.717) is 5.92 Å². The van der Waals surface area contributed by atoms with Crippen LogP contribution in [0.4, 0.5) is 23.7 Å². The Morgan fingerprint density at radius 3 is 2.60 bits per heavy atom. The van der Waals surface area contributed by atoms with Gasteiger partial charge >= 0.3 is 12.2 Å². The maximum absolute atomic E-state index is 13.0. The monoisotopic (exact) mass is 282 g/mol. The highest BCUT2D eigenvalue weighted by molar-refractivity contribution is 5.97. The van der Waals surface area contributed by atoms with E-state index in [1.54, 1.807) is 12.3 Å². The summed E-state index contributed by atoms with van der Waals surface area (Å²) < 4.78 is 39.0. The van der Waals surface area contributed by atoms with E-state index < -0.39 is 18.2 Å². The lowest BCUT2D eigenvalue weighted by molar-refractivity contribution is -0.155. The van der Waals surface area contributed by atoms with E-state index in [2.05, 4.69) is 0 Å². The molecule has 0 saturated heterocycles. The number of nitrogens with zero attached hydrogens (tertiary/aromatic N) is 1. The lowest BCUT2D eigenvalue weighted by Gasteiger charge is -2.34. The van der Waals surface area contributed by atoms with Crippen molar-refractivity contribution in [2.45, 2.75) is 25.1 Å². The number of hydrogen-bond donors (Lipinski definition) is 1. The highest BCUT2D eigenvalue weighted by atomic mass is 19.4. The van der Waals surface area contributed by atoms with Crippen LogP contribution in [-0.4, -0.2) is 12.2 Å². The standard InChI is InChI=1S/C14H13F3N2O/c15-14(16,17)12-10-3-1-2-4-11(10)19(13(20)18-12)8-7-9-5-6-9/h1-4,7-9,12H,5-6H2,(H,18,20)/t12-/m0/s1. The number of amides is 2. The molecule has 1 saturated carbocycles. The molecule has 0 spiro atoms. The first-order chi connectivity index (χ1) is 9.47. The van der Waals surface area contributed by atoms with E-state index in [1.807, 2.05) is 11.4 Å². The molecule has 1 N–H and O–H groups in total. The van der Waals surface area contributed by atoms with E-state index >= 15 is 0 Å². The van der Waals surface area contributed by atoms with Gasteiger partial charge in [-0.25, -0.2) is 4.79 Å². The number of anilines is 1. The minimum absolute atomic E-state index is 0.0695. The predicted molar refractivity (Wildman–Crippen MR) is 68.1 cm³/mol. The average molecular weight is 282 g/mol. The third-order valence-corrected chi connectivity index (χ3v) is 3.45. The van der Waals surface area contributed by atoms with Crippen LogP contribution in [0.1, 0.15) is 24.4 Å². The summed E-state index contributed by atoms with van der Waals surface area (Å²) in [6.45, 7) is 0. The lowest BCUT2D eigenvalue weighted by atomic mass is 10.0. The molecule has 1 aliphatic heterocycles. The van der Waals surface area contributed by atoms with Crippen LogP contribution in [0.2, 0.25) is 0 Å². The zero-order valence-corrected chi connectivity index (χ0v) is 10.5. The van der Waals surface area contributed by atoms with Crippen LogP contribution >= 0.6 is 0 Å². The van der Waals surface area contributed by atoms with Crippen molar-refractivity contribution in [3.63, 3.8) is 0 Å². The Morgan fingerprint density at radius 1 is 1.25 bits per heavy atom. The molecular weight excluding hydrogens is 269 g/mol. The van der Waals surface area contributed by atoms with Crippen molar-refractivity contribution in [3.05, 3.63) is 42.1 Å². The quantitative estimate of drug-likeness (QED) is 0.880. The molecule has 6 heteroatoms. The lowest BCUT2D eigenvalue weighted by Crippen LogP contribution is -2.48. The number of nitrogens with one attached hydrogen (secondary N) is 1. The number of benzene rings is 1. The summed E-state index contributed by atoms with van der Waals surface area (Å²) in [4.78, 5) is 13.2. The summed E-state index contributed by atoms with van der Waals surface area (Å²) in [6, 6.07) is 3.40. The van der Waals surface area contributed by atoms with Crippen LogP contribution in [0.3, 0.4) is 0 Å². The molecule has 1 aromatic carbocycles. The van der Waals surface area contributed by atoms with Gasteiger partial charge in [0.2, 0.25) is 0 Å². The van der Waals surface area contributed by atoms with Gasteiger partial charge in [-0.1, -0.05) is 24.3 Å². The maximum Gasteiger partial charge on any atom is 0.413 e. The van der Waals surface area contributed by atoms with Crippen molar-refractivity contribution in [2.24, 2.45) is 5.92 Å². The van der Waals surface area contributed by atoms with Crippen molar-refractivity contribution in [3.8, 4) is 0 Å². The zero-order chi connectivity index (χ0) is 14.3. The first-order valence-electron chi connectivity index (χ1n) is 6.40. The van der Waals surface area contributed by atoms with Crippen molar-refractivity contribution < 1.29 is 18.0 Å². The first-order valence-corrected chi connectivity index (χ1v) is 6.40. The topological polar surface area (TPSA) is 32.3 Å². The largest absolute Gasteiger partial charge is 0.413 e. The smallest absolute Gasteiger partial charge is 0.322 e. The van der Waals surface area contributed by atoms with Crippen molar-refractivity contribution >= 4 is 11.7 Å². The van der Waals surface area contributed by atoms with E-state index in [0.717, 1.165) is 12.8 Å². The van der Waals surface area contributed by atoms with Gasteiger partial charge in [0, 0.05) is 11.8 Å². The summed E-state index contributed by atoms with van der Waals surface area (Å²) in [5.74, 6) is 0.440. The maximum atomic E-state index is 13.0. The van der Waals surface area contributed by atoms with Gasteiger partial charge in [-0.3, -0.25) is 4.90 Å². The van der Waals surface area contributed by atoms with Crippen molar-refractivity contribution in [1.82, 2.24) is 5.32 Å². The summed E-state index contributed by atoms with van der Waals surface area (Å²) in [5, 5.41) is 2.02. The first kappa shape index (κ1) is 13.0. The predicted octanol–water partition coefficient (Wildman–Crippen LogP) is 3.74. The Labute approximate surface area is 114 Å². The molecule has 2 amide bonds. The van der Waals surface area contributed by atoms with Crippen LogP contribution in [0.25, 0.3) is 0 Å². The molecule has 106 valence electrons. The zero-order valence-electron chi connectivity index (χ0n) is 10.5. The third-order valence-electron chi connectivity index (χ3n) is 3.45. The van der Waals surface area contributed by atoms with Gasteiger partial charge < -0.3 is 5.32 Å². The fourth-order valence-electron chi connectivity index (χ4n) is 2.23. The Morgan fingerprint density at radius 2 is 1.95 bits per heavy atom. The number of hydrogen-bond acceptors (Lipinski definition) is 1. The van der Waals surface area contributed by atoms with E-state index in [1.165, 1.54) is 23.1 Å². The molecule has 3 rings (SSSR count). The minimum Gasteiger partial charge on any atom is -0.322 e. The van der Waals surface area contributed by atoms with Crippen molar-refractivity contribution in [2.75, 3.05) is 4.90 Å². The highest BCUT2D eigenvalue weighted by Crippen LogP contribution is 2.40. The van der Waals surface area contributed by atoms with E-state index in [-0.39, 0.29) is 11.3 Å². The van der Waals surface area contributed by atoms with Gasteiger partial charge in [0.25, 0.3) is 0 Å². The molecule has 0 bridgehead atoms. The normalized spacial score (nSPS) is 22.9. The van der Waals surface area contributed by atoms with Crippen LogP contribution in [0.5, 0.6) is 0 Å². The fourth-order valence-corrected chi connectivity index (χ4v) is 2.23. The number of allylic oxidation sites excluding steroid dienone is 1. The number of urea groups is 1. The van der Waals surface area contributed by atoms with Gasteiger partial charge in [0.15, 0.2) is 6.04 Å². The molecule has 3 nitrogen and oxygen atoms in total. The molecule has 1 aromatic rings. The summed E-state index contributed by atoms with van der Waals surface area (Å²) >= 11 is 0. The second-order valence-corrected chi connectivity index (χ2v) is 5.03. The molecule has 1 heterocycles. The average Bonchev–Trinajstić information content (AvgIpc) is 3.20. The Hall–Kier alpha value is -1.98. The van der Waals surface area contributed by atoms with Crippen molar-refractivity contribution in [1.29, 1.82) is 0 Å². The number of carbonyl (C=O) groups is 1. The van der Waals surface area contributed by atoms with Gasteiger partial charge in [0.1, 0.15) is 0 Å². The molecule has 1 fully saturated rings. The van der Waals surface area contributed by atoms with Crippen LogP contribution in [0.15, 0.2) is 36.5 Å². The molecule has 0 unspecified atom stereocenters. The molecule has 20 heavy (non-hydrogen) atoms. The van der Waals surface area contributed by atoms with Crippen LogP contribution in [-0.2, 0) is 0 Å². The van der Waals surface area contributed by atoms with E-state index in [9.17, 15) is 18.0 Å². The Balaban J connectivity index is 1.99.